The zero-order valence-electron chi connectivity index (χ0n) is 11.1. The Morgan fingerprint density at radius 3 is 1.94 bits per heavy atom. The van der Waals surface area contributed by atoms with Crippen LogP contribution < -0.4 is 4.90 Å². The average molecular weight is 235 g/mol. The molecule has 0 amide bonds. The lowest BCUT2D eigenvalue weighted by Crippen LogP contribution is -2.32. The maximum atomic E-state index is 10.5. The van der Waals surface area contributed by atoms with E-state index in [0.29, 0.717) is 23.3 Å². The largest absolute Gasteiger partial charge is 0.340 e. The number of carbonyl (C=O) groups excluding carboxylic acids is 1. The van der Waals surface area contributed by atoms with E-state index in [0.717, 1.165) is 19.4 Å². The summed E-state index contributed by atoms with van der Waals surface area (Å²) in [4.78, 5) is 21.2. The van der Waals surface area contributed by atoms with E-state index in [2.05, 4.69) is 42.6 Å². The molecule has 0 radical (unpaired) electrons. The highest BCUT2D eigenvalue weighted by Gasteiger charge is 2.12. The lowest BCUT2D eigenvalue weighted by atomic mass is 10.1. The molecule has 17 heavy (non-hydrogen) atoms. The number of hydrogen-bond donors (Lipinski definition) is 0. The van der Waals surface area contributed by atoms with E-state index < -0.39 is 0 Å². The van der Waals surface area contributed by atoms with Crippen LogP contribution in [0.4, 0.5) is 5.95 Å². The van der Waals surface area contributed by atoms with Crippen molar-refractivity contribution in [2.45, 2.75) is 27.7 Å². The summed E-state index contributed by atoms with van der Waals surface area (Å²) < 4.78 is 0. The van der Waals surface area contributed by atoms with Crippen molar-refractivity contribution in [3.05, 3.63) is 18.0 Å². The molecule has 0 saturated heterocycles. The van der Waals surface area contributed by atoms with Gasteiger partial charge in [0, 0.05) is 25.5 Å². The third-order valence-electron chi connectivity index (χ3n) is 2.25. The maximum Gasteiger partial charge on any atom is 0.225 e. The van der Waals surface area contributed by atoms with Crippen LogP contribution in [0.3, 0.4) is 0 Å². The number of hydrogen-bond acceptors (Lipinski definition) is 4. The van der Waals surface area contributed by atoms with Gasteiger partial charge in [-0.3, -0.25) is 4.79 Å². The fraction of sp³-hybridized carbons (Fsp3) is 0.615. The van der Waals surface area contributed by atoms with Gasteiger partial charge in [-0.15, -0.1) is 0 Å². The van der Waals surface area contributed by atoms with E-state index in [4.69, 9.17) is 0 Å². The highest BCUT2D eigenvalue weighted by molar-refractivity contribution is 5.73. The molecule has 4 heteroatoms. The zero-order valence-corrected chi connectivity index (χ0v) is 11.1. The normalized spacial score (nSPS) is 10.9. The minimum Gasteiger partial charge on any atom is -0.340 e. The van der Waals surface area contributed by atoms with E-state index in [-0.39, 0.29) is 0 Å². The van der Waals surface area contributed by atoms with Crippen molar-refractivity contribution in [2.75, 3.05) is 18.0 Å². The van der Waals surface area contributed by atoms with Gasteiger partial charge in [-0.2, -0.15) is 0 Å². The molecule has 0 atom stereocenters. The molecule has 0 unspecified atom stereocenters. The van der Waals surface area contributed by atoms with E-state index in [1.807, 2.05) is 0 Å². The number of carbonyl (C=O) groups is 1. The van der Waals surface area contributed by atoms with Crippen LogP contribution in [-0.2, 0) is 0 Å². The van der Waals surface area contributed by atoms with Crippen molar-refractivity contribution in [1.29, 1.82) is 0 Å². The smallest absolute Gasteiger partial charge is 0.225 e. The summed E-state index contributed by atoms with van der Waals surface area (Å²) in [6, 6.07) is 0. The van der Waals surface area contributed by atoms with E-state index in [9.17, 15) is 4.79 Å². The Kier molecular flexibility index (Phi) is 5.07. The Morgan fingerprint density at radius 2 is 1.59 bits per heavy atom. The van der Waals surface area contributed by atoms with Gasteiger partial charge in [0.25, 0.3) is 0 Å². The van der Waals surface area contributed by atoms with Gasteiger partial charge in [0.1, 0.15) is 0 Å². The molecular formula is C13H21N3O. The minimum atomic E-state index is 0.516. The third-order valence-corrected chi connectivity index (χ3v) is 2.25. The zero-order chi connectivity index (χ0) is 12.8. The standard InChI is InChI=1S/C13H21N3O/c1-10(2)7-16(8-11(3)4)13-14-5-12(9-17)6-15-13/h5-6,9-11H,7-8H2,1-4H3. The summed E-state index contributed by atoms with van der Waals surface area (Å²) in [5.41, 5.74) is 0.516. The predicted octanol–water partition coefficient (Wildman–Crippen LogP) is 2.41. The number of aldehydes is 1. The maximum absolute atomic E-state index is 10.5. The molecule has 0 aromatic carbocycles. The first-order valence-corrected chi connectivity index (χ1v) is 6.05. The van der Waals surface area contributed by atoms with Gasteiger partial charge in [0.05, 0.1) is 5.56 Å². The van der Waals surface area contributed by atoms with Crippen LogP contribution in [0.25, 0.3) is 0 Å². The van der Waals surface area contributed by atoms with Gasteiger partial charge in [-0.05, 0) is 11.8 Å². The molecule has 0 N–H and O–H groups in total. The van der Waals surface area contributed by atoms with Gasteiger partial charge < -0.3 is 4.90 Å². The molecule has 1 aromatic heterocycles. The summed E-state index contributed by atoms with van der Waals surface area (Å²) in [5.74, 6) is 1.82. The Balaban J connectivity index is 2.83. The van der Waals surface area contributed by atoms with Gasteiger partial charge in [0.2, 0.25) is 5.95 Å². The van der Waals surface area contributed by atoms with Crippen molar-refractivity contribution in [1.82, 2.24) is 9.97 Å². The topological polar surface area (TPSA) is 46.1 Å². The second kappa shape index (κ2) is 6.33. The van der Waals surface area contributed by atoms with Gasteiger partial charge >= 0.3 is 0 Å². The monoisotopic (exact) mass is 235 g/mol. The Bertz CT molecular complexity index is 336. The highest BCUT2D eigenvalue weighted by atomic mass is 16.1. The van der Waals surface area contributed by atoms with Gasteiger partial charge in [-0.1, -0.05) is 27.7 Å². The lowest BCUT2D eigenvalue weighted by Gasteiger charge is -2.26. The van der Waals surface area contributed by atoms with Crippen molar-refractivity contribution < 1.29 is 4.79 Å². The molecule has 0 aliphatic heterocycles. The van der Waals surface area contributed by atoms with E-state index in [1.165, 1.54) is 0 Å². The number of nitrogens with zero attached hydrogens (tertiary/aromatic N) is 3. The molecule has 0 aliphatic rings. The second-order valence-corrected chi connectivity index (χ2v) is 5.13. The average Bonchev–Trinajstić information content (AvgIpc) is 2.27. The molecule has 0 spiro atoms. The first kappa shape index (κ1) is 13.6. The van der Waals surface area contributed by atoms with Crippen LogP contribution in [0.5, 0.6) is 0 Å². The van der Waals surface area contributed by atoms with Crippen LogP contribution in [-0.4, -0.2) is 29.3 Å². The molecule has 1 heterocycles. The van der Waals surface area contributed by atoms with E-state index >= 15 is 0 Å². The van der Waals surface area contributed by atoms with Gasteiger partial charge in [0.15, 0.2) is 6.29 Å². The Hall–Kier alpha value is -1.45. The van der Waals surface area contributed by atoms with Crippen molar-refractivity contribution in [3.63, 3.8) is 0 Å². The molecule has 0 saturated carbocycles. The Morgan fingerprint density at radius 1 is 1.12 bits per heavy atom. The first-order chi connectivity index (χ1) is 8.02. The number of rotatable bonds is 6. The second-order valence-electron chi connectivity index (χ2n) is 5.13. The number of aromatic nitrogens is 2. The molecule has 0 aliphatic carbocycles. The van der Waals surface area contributed by atoms with Crippen LogP contribution in [0.2, 0.25) is 0 Å². The summed E-state index contributed by atoms with van der Waals surface area (Å²) in [6.07, 6.45) is 3.91. The van der Waals surface area contributed by atoms with Crippen molar-refractivity contribution in [3.8, 4) is 0 Å². The first-order valence-electron chi connectivity index (χ1n) is 6.05. The van der Waals surface area contributed by atoms with Gasteiger partial charge in [-0.25, -0.2) is 9.97 Å². The summed E-state index contributed by atoms with van der Waals surface area (Å²) >= 11 is 0. The predicted molar refractivity (Wildman–Crippen MR) is 69.3 cm³/mol. The molecule has 1 rings (SSSR count). The fourth-order valence-corrected chi connectivity index (χ4v) is 1.67. The Labute approximate surface area is 103 Å². The fourth-order valence-electron chi connectivity index (χ4n) is 1.67. The van der Waals surface area contributed by atoms with Crippen LogP contribution in [0, 0.1) is 11.8 Å². The summed E-state index contributed by atoms with van der Waals surface area (Å²) in [7, 11) is 0. The molecule has 0 fully saturated rings. The third kappa shape index (κ3) is 4.51. The van der Waals surface area contributed by atoms with Crippen LogP contribution in [0.15, 0.2) is 12.4 Å². The molecule has 94 valence electrons. The molecular weight excluding hydrogens is 214 g/mol. The molecule has 1 aromatic rings. The lowest BCUT2D eigenvalue weighted by molar-refractivity contribution is 0.112. The molecule has 4 nitrogen and oxygen atoms in total. The summed E-state index contributed by atoms with van der Waals surface area (Å²) in [6.45, 7) is 10.6. The summed E-state index contributed by atoms with van der Waals surface area (Å²) in [5, 5.41) is 0. The molecule has 0 bridgehead atoms. The minimum absolute atomic E-state index is 0.516. The van der Waals surface area contributed by atoms with E-state index in [1.54, 1.807) is 12.4 Å². The number of anilines is 1. The SMILES string of the molecule is CC(C)CN(CC(C)C)c1ncc(C=O)cn1. The van der Waals surface area contributed by atoms with Crippen LogP contribution in [0.1, 0.15) is 38.1 Å². The van der Waals surface area contributed by atoms with Crippen molar-refractivity contribution >= 4 is 12.2 Å². The van der Waals surface area contributed by atoms with Crippen LogP contribution >= 0.6 is 0 Å². The van der Waals surface area contributed by atoms with Crippen molar-refractivity contribution in [2.24, 2.45) is 11.8 Å². The quantitative estimate of drug-likeness (QED) is 0.710. The highest BCUT2D eigenvalue weighted by Crippen LogP contribution is 2.12.